The predicted octanol–water partition coefficient (Wildman–Crippen LogP) is 1.85. The number of hydrogen-bond acceptors (Lipinski definition) is 7. The number of carbonyl (C=O) groups excluding carboxylic acids is 1. The average Bonchev–Trinajstić information content (AvgIpc) is 2.83. The molecule has 1 fully saturated rings. The summed E-state index contributed by atoms with van der Waals surface area (Å²) >= 11 is 12.1. The molecule has 190 valence electrons. The molecule has 1 aromatic heterocycles. The quantitative estimate of drug-likeness (QED) is 0.494. The summed E-state index contributed by atoms with van der Waals surface area (Å²) in [6, 6.07) is 8.20. The van der Waals surface area contributed by atoms with Crippen molar-refractivity contribution in [3.63, 3.8) is 0 Å². The first-order chi connectivity index (χ1) is 16.5. The maximum atomic E-state index is 13.1. The molecule has 11 nitrogen and oxygen atoms in total. The highest BCUT2D eigenvalue weighted by Gasteiger charge is 2.27. The second-order valence-corrected chi connectivity index (χ2v) is 10.1. The number of amides is 1. The molecular formula is C21H23Cl2N3O8S. The molecule has 14 heteroatoms. The SMILES string of the molecule is O=C(O)C(=O)O.O=C(c1ccc(Cl)cc1Cl)N(CCS(=O)(=O)N1CCOCC1)Cc1cccnc1. The van der Waals surface area contributed by atoms with Crippen LogP contribution in [0.5, 0.6) is 0 Å². The highest BCUT2D eigenvalue weighted by atomic mass is 35.5. The molecule has 0 atom stereocenters. The Morgan fingerprint density at radius 3 is 2.29 bits per heavy atom. The Bertz CT molecular complexity index is 1130. The average molecular weight is 548 g/mol. The van der Waals surface area contributed by atoms with Crippen molar-refractivity contribution in [2.75, 3.05) is 38.6 Å². The number of aromatic nitrogens is 1. The van der Waals surface area contributed by atoms with Crippen LogP contribution in [0, 0.1) is 0 Å². The minimum Gasteiger partial charge on any atom is -0.473 e. The number of sulfonamides is 1. The molecule has 2 N–H and O–H groups in total. The first kappa shape index (κ1) is 28.5. The maximum Gasteiger partial charge on any atom is 0.414 e. The van der Waals surface area contributed by atoms with Gasteiger partial charge in [-0.3, -0.25) is 9.78 Å². The number of rotatable bonds is 7. The zero-order chi connectivity index (χ0) is 26.0. The number of halogens is 2. The van der Waals surface area contributed by atoms with E-state index in [1.807, 2.05) is 6.07 Å². The molecule has 1 saturated heterocycles. The van der Waals surface area contributed by atoms with Gasteiger partial charge >= 0.3 is 11.9 Å². The molecule has 2 heterocycles. The Labute approximate surface area is 211 Å². The number of carboxylic acid groups (broad SMARTS) is 2. The van der Waals surface area contributed by atoms with E-state index in [2.05, 4.69) is 4.98 Å². The normalized spacial score (nSPS) is 13.9. The van der Waals surface area contributed by atoms with Crippen LogP contribution in [0.1, 0.15) is 15.9 Å². The molecule has 1 amide bonds. The molecule has 1 aliphatic heterocycles. The van der Waals surface area contributed by atoms with Gasteiger partial charge in [-0.2, -0.15) is 4.31 Å². The smallest absolute Gasteiger partial charge is 0.414 e. The maximum absolute atomic E-state index is 13.1. The van der Waals surface area contributed by atoms with Crippen molar-refractivity contribution in [1.82, 2.24) is 14.2 Å². The largest absolute Gasteiger partial charge is 0.473 e. The Morgan fingerprint density at radius 2 is 1.74 bits per heavy atom. The molecule has 0 saturated carbocycles. The molecule has 0 unspecified atom stereocenters. The summed E-state index contributed by atoms with van der Waals surface area (Å²) in [5, 5.41) is 15.4. The van der Waals surface area contributed by atoms with Crippen LogP contribution in [0.25, 0.3) is 0 Å². The number of carbonyl (C=O) groups is 3. The summed E-state index contributed by atoms with van der Waals surface area (Å²) in [4.78, 5) is 36.8. The van der Waals surface area contributed by atoms with Crippen molar-refractivity contribution >= 4 is 51.1 Å². The highest BCUT2D eigenvalue weighted by molar-refractivity contribution is 7.89. The summed E-state index contributed by atoms with van der Waals surface area (Å²) in [6.07, 6.45) is 3.27. The predicted molar refractivity (Wildman–Crippen MR) is 127 cm³/mol. The van der Waals surface area contributed by atoms with Crippen molar-refractivity contribution in [3.8, 4) is 0 Å². The molecule has 0 radical (unpaired) electrons. The molecule has 3 rings (SSSR count). The van der Waals surface area contributed by atoms with Gasteiger partial charge in [-0.15, -0.1) is 0 Å². The fraction of sp³-hybridized carbons (Fsp3) is 0.333. The van der Waals surface area contributed by atoms with Crippen molar-refractivity contribution in [1.29, 1.82) is 0 Å². The van der Waals surface area contributed by atoms with Gasteiger partial charge in [0.25, 0.3) is 5.91 Å². The molecule has 0 spiro atoms. The van der Waals surface area contributed by atoms with Crippen molar-refractivity contribution < 1.29 is 37.8 Å². The van der Waals surface area contributed by atoms with Crippen LogP contribution in [-0.4, -0.2) is 89.3 Å². The Balaban J connectivity index is 0.000000641. The number of ether oxygens (including phenoxy) is 1. The number of morpholine rings is 1. The van der Waals surface area contributed by atoms with Crippen LogP contribution >= 0.6 is 23.2 Å². The van der Waals surface area contributed by atoms with Crippen LogP contribution in [0.4, 0.5) is 0 Å². The van der Waals surface area contributed by atoms with Gasteiger partial charge in [-0.05, 0) is 29.8 Å². The first-order valence-electron chi connectivity index (χ1n) is 10.2. The first-order valence-corrected chi connectivity index (χ1v) is 12.5. The van der Waals surface area contributed by atoms with Crippen LogP contribution in [0.2, 0.25) is 10.0 Å². The van der Waals surface area contributed by atoms with Gasteiger partial charge in [0.15, 0.2) is 0 Å². The van der Waals surface area contributed by atoms with Crippen LogP contribution in [0.15, 0.2) is 42.7 Å². The van der Waals surface area contributed by atoms with Crippen molar-refractivity contribution in [3.05, 3.63) is 63.9 Å². The lowest BCUT2D eigenvalue weighted by molar-refractivity contribution is -0.159. The minimum absolute atomic E-state index is 0.0202. The van der Waals surface area contributed by atoms with Crippen LogP contribution in [-0.2, 0) is 30.9 Å². The lowest BCUT2D eigenvalue weighted by Gasteiger charge is -2.28. The Morgan fingerprint density at radius 1 is 1.09 bits per heavy atom. The van der Waals surface area contributed by atoms with Crippen molar-refractivity contribution in [2.24, 2.45) is 0 Å². The standard InChI is InChI=1S/C19H21Cl2N3O4S.C2H2O4/c20-16-3-4-17(18(21)12-16)19(25)23(14-15-2-1-5-22-13-15)8-11-29(26,27)24-6-9-28-10-7-24;3-1(4)2(5)6/h1-5,12-13H,6-11,14H2;(H,3,4)(H,5,6). The second-order valence-electron chi connectivity index (χ2n) is 7.15. The summed E-state index contributed by atoms with van der Waals surface area (Å²) in [7, 11) is -3.51. The topological polar surface area (TPSA) is 154 Å². The lowest BCUT2D eigenvalue weighted by Crippen LogP contribution is -2.44. The lowest BCUT2D eigenvalue weighted by atomic mass is 10.1. The molecule has 0 bridgehead atoms. The number of benzene rings is 1. The molecule has 0 aliphatic carbocycles. The third-order valence-electron chi connectivity index (χ3n) is 4.71. The minimum atomic E-state index is -3.51. The van der Waals surface area contributed by atoms with E-state index in [0.717, 1.165) is 5.56 Å². The van der Waals surface area contributed by atoms with E-state index in [0.29, 0.717) is 31.3 Å². The number of carboxylic acids is 2. The number of pyridine rings is 1. The zero-order valence-electron chi connectivity index (χ0n) is 18.3. The van der Waals surface area contributed by atoms with E-state index in [1.54, 1.807) is 30.6 Å². The third-order valence-corrected chi connectivity index (χ3v) is 7.11. The van der Waals surface area contributed by atoms with Crippen LogP contribution < -0.4 is 0 Å². The van der Waals surface area contributed by atoms with E-state index in [1.165, 1.54) is 15.3 Å². The monoisotopic (exact) mass is 547 g/mol. The van der Waals surface area contributed by atoms with E-state index >= 15 is 0 Å². The Hall–Kier alpha value is -2.77. The zero-order valence-corrected chi connectivity index (χ0v) is 20.7. The second kappa shape index (κ2) is 13.4. The molecule has 35 heavy (non-hydrogen) atoms. The number of hydrogen-bond donors (Lipinski definition) is 2. The summed E-state index contributed by atoms with van der Waals surface area (Å²) in [6.45, 7) is 1.62. The summed E-state index contributed by atoms with van der Waals surface area (Å²) in [5.41, 5.74) is 1.05. The fourth-order valence-corrected chi connectivity index (χ4v) is 4.88. The van der Waals surface area contributed by atoms with E-state index in [9.17, 15) is 13.2 Å². The highest BCUT2D eigenvalue weighted by Crippen LogP contribution is 2.23. The molecule has 2 aromatic rings. The number of nitrogens with zero attached hydrogens (tertiary/aromatic N) is 3. The van der Waals surface area contributed by atoms with Crippen LogP contribution in [0.3, 0.4) is 0 Å². The van der Waals surface area contributed by atoms with Crippen molar-refractivity contribution in [2.45, 2.75) is 6.54 Å². The van der Waals surface area contributed by atoms with Gasteiger partial charge in [0.05, 0.1) is 29.6 Å². The summed E-state index contributed by atoms with van der Waals surface area (Å²) < 4.78 is 32.0. The summed E-state index contributed by atoms with van der Waals surface area (Å²) in [5.74, 6) is -4.21. The van der Waals surface area contributed by atoms with Gasteiger partial charge in [0.1, 0.15) is 0 Å². The van der Waals surface area contributed by atoms with Gasteiger partial charge in [-0.25, -0.2) is 18.0 Å². The van der Waals surface area contributed by atoms with Gasteiger partial charge in [0, 0.05) is 43.6 Å². The van der Waals surface area contributed by atoms with E-state index < -0.39 is 22.0 Å². The van der Waals surface area contributed by atoms with E-state index in [-0.39, 0.29) is 35.3 Å². The third kappa shape index (κ3) is 9.07. The molecule has 1 aliphatic rings. The number of aliphatic carboxylic acids is 2. The van der Waals surface area contributed by atoms with Gasteiger partial charge in [-0.1, -0.05) is 29.3 Å². The van der Waals surface area contributed by atoms with E-state index in [4.69, 9.17) is 47.7 Å². The van der Waals surface area contributed by atoms with Gasteiger partial charge < -0.3 is 19.8 Å². The van der Waals surface area contributed by atoms with Gasteiger partial charge in [0.2, 0.25) is 10.0 Å². The Kier molecular flexibility index (Phi) is 10.9. The molecule has 1 aromatic carbocycles. The molecular weight excluding hydrogens is 525 g/mol. The fourth-order valence-electron chi connectivity index (χ4n) is 2.98.